The Kier molecular flexibility index (Phi) is 4.59. The number of hydrogen-bond donors (Lipinski definition) is 2. The lowest BCUT2D eigenvalue weighted by atomic mass is 9.99. The molecular formula is C16H20N2O2S. The first-order valence-corrected chi connectivity index (χ1v) is 8.39. The molecule has 2 atom stereocenters. The standard InChI is InChI=1S/C16H20N2O2S/c19-10-3-4-12-7-11-21-15(12)16(20)17-13-6-9-18-8-2-1-5-14(13)18/h7,11,13-14,19H,1-2,5-6,8-10H2,(H,17,20). The maximum atomic E-state index is 12.5. The van der Waals surface area contributed by atoms with Crippen molar-refractivity contribution in [3.8, 4) is 11.8 Å². The fourth-order valence-electron chi connectivity index (χ4n) is 3.37. The minimum atomic E-state index is -0.184. The third-order valence-corrected chi connectivity index (χ3v) is 5.26. The summed E-state index contributed by atoms with van der Waals surface area (Å²) >= 11 is 1.41. The van der Waals surface area contributed by atoms with Crippen LogP contribution in [0.15, 0.2) is 11.4 Å². The summed E-state index contributed by atoms with van der Waals surface area (Å²) in [4.78, 5) is 15.6. The van der Waals surface area contributed by atoms with Gasteiger partial charge in [-0.1, -0.05) is 18.3 Å². The lowest BCUT2D eigenvalue weighted by molar-refractivity contribution is 0.0919. The monoisotopic (exact) mass is 304 g/mol. The molecule has 21 heavy (non-hydrogen) atoms. The molecule has 0 saturated carbocycles. The number of carbonyl (C=O) groups excluding carboxylic acids is 1. The summed E-state index contributed by atoms with van der Waals surface area (Å²) in [6.45, 7) is 2.08. The number of aliphatic hydroxyl groups is 1. The van der Waals surface area contributed by atoms with Gasteiger partial charge in [0.05, 0.1) is 0 Å². The van der Waals surface area contributed by atoms with Gasteiger partial charge in [-0.25, -0.2) is 0 Å². The van der Waals surface area contributed by atoms with Crippen LogP contribution in [0.4, 0.5) is 0 Å². The van der Waals surface area contributed by atoms with Crippen molar-refractivity contribution < 1.29 is 9.90 Å². The van der Waals surface area contributed by atoms with Crippen LogP contribution < -0.4 is 5.32 Å². The average Bonchev–Trinajstić information content (AvgIpc) is 3.12. The molecule has 0 bridgehead atoms. The normalized spacial score (nSPS) is 25.0. The van der Waals surface area contributed by atoms with Crippen LogP contribution in [-0.4, -0.2) is 47.7 Å². The molecule has 2 unspecified atom stereocenters. The van der Waals surface area contributed by atoms with Gasteiger partial charge in [0.2, 0.25) is 0 Å². The molecule has 0 radical (unpaired) electrons. The average molecular weight is 304 g/mol. The number of nitrogens with zero attached hydrogens (tertiary/aromatic N) is 1. The first kappa shape index (κ1) is 14.6. The van der Waals surface area contributed by atoms with Crippen molar-refractivity contribution in [3.63, 3.8) is 0 Å². The van der Waals surface area contributed by atoms with Crippen molar-refractivity contribution in [1.29, 1.82) is 0 Å². The quantitative estimate of drug-likeness (QED) is 0.813. The van der Waals surface area contributed by atoms with Gasteiger partial charge in [-0.15, -0.1) is 11.3 Å². The Morgan fingerprint density at radius 3 is 3.19 bits per heavy atom. The van der Waals surface area contributed by atoms with Gasteiger partial charge in [0.1, 0.15) is 11.5 Å². The van der Waals surface area contributed by atoms with Crippen LogP contribution in [0.2, 0.25) is 0 Å². The molecule has 112 valence electrons. The molecule has 0 spiro atoms. The van der Waals surface area contributed by atoms with Gasteiger partial charge < -0.3 is 10.4 Å². The summed E-state index contributed by atoms with van der Waals surface area (Å²) in [5, 5.41) is 13.8. The first-order chi connectivity index (χ1) is 10.3. The third-order valence-electron chi connectivity index (χ3n) is 4.35. The highest BCUT2D eigenvalue weighted by Gasteiger charge is 2.36. The van der Waals surface area contributed by atoms with E-state index in [1.54, 1.807) is 0 Å². The summed E-state index contributed by atoms with van der Waals surface area (Å²) in [6.07, 6.45) is 4.77. The molecule has 1 aromatic rings. The van der Waals surface area contributed by atoms with Crippen LogP contribution in [0, 0.1) is 11.8 Å². The number of rotatable bonds is 2. The van der Waals surface area contributed by atoms with E-state index in [1.165, 1.54) is 37.1 Å². The Morgan fingerprint density at radius 1 is 1.43 bits per heavy atom. The van der Waals surface area contributed by atoms with Gasteiger partial charge in [-0.2, -0.15) is 0 Å². The van der Waals surface area contributed by atoms with Gasteiger partial charge in [0.15, 0.2) is 0 Å². The fourth-order valence-corrected chi connectivity index (χ4v) is 4.12. The number of hydrogen-bond acceptors (Lipinski definition) is 4. The highest BCUT2D eigenvalue weighted by molar-refractivity contribution is 7.12. The van der Waals surface area contributed by atoms with E-state index in [0.717, 1.165) is 13.0 Å². The highest BCUT2D eigenvalue weighted by atomic mass is 32.1. The number of fused-ring (bicyclic) bond motifs is 1. The second-order valence-corrected chi connectivity index (χ2v) is 6.51. The molecule has 3 heterocycles. The molecule has 0 aliphatic carbocycles. The van der Waals surface area contributed by atoms with E-state index >= 15 is 0 Å². The zero-order valence-electron chi connectivity index (χ0n) is 12.0. The van der Waals surface area contributed by atoms with Gasteiger partial charge in [-0.3, -0.25) is 9.69 Å². The Morgan fingerprint density at radius 2 is 2.33 bits per heavy atom. The largest absolute Gasteiger partial charge is 0.384 e. The molecule has 2 N–H and O–H groups in total. The highest BCUT2D eigenvalue weighted by Crippen LogP contribution is 2.27. The molecule has 5 heteroatoms. The summed E-state index contributed by atoms with van der Waals surface area (Å²) in [5.41, 5.74) is 0.713. The molecule has 2 aliphatic heterocycles. The van der Waals surface area contributed by atoms with Crippen LogP contribution in [0.1, 0.15) is 40.9 Å². The first-order valence-electron chi connectivity index (χ1n) is 7.51. The second kappa shape index (κ2) is 6.61. The minimum absolute atomic E-state index is 0.0235. The number of carbonyl (C=O) groups is 1. The number of amides is 1. The topological polar surface area (TPSA) is 52.6 Å². The summed E-state index contributed by atoms with van der Waals surface area (Å²) in [7, 11) is 0. The van der Waals surface area contributed by atoms with Crippen molar-refractivity contribution in [2.45, 2.75) is 37.8 Å². The molecule has 2 aliphatic rings. The van der Waals surface area contributed by atoms with E-state index in [4.69, 9.17) is 5.11 Å². The Bertz CT molecular complexity index is 572. The molecule has 3 rings (SSSR count). The summed E-state index contributed by atoms with van der Waals surface area (Å²) in [5.74, 6) is 5.43. The maximum Gasteiger partial charge on any atom is 0.262 e. The van der Waals surface area contributed by atoms with Crippen molar-refractivity contribution in [2.75, 3.05) is 19.7 Å². The van der Waals surface area contributed by atoms with E-state index in [-0.39, 0.29) is 18.6 Å². The molecular weight excluding hydrogens is 284 g/mol. The molecule has 4 nitrogen and oxygen atoms in total. The summed E-state index contributed by atoms with van der Waals surface area (Å²) in [6, 6.07) is 2.61. The van der Waals surface area contributed by atoms with E-state index < -0.39 is 0 Å². The van der Waals surface area contributed by atoms with Crippen LogP contribution in [0.5, 0.6) is 0 Å². The van der Waals surface area contributed by atoms with Crippen LogP contribution >= 0.6 is 11.3 Å². The molecule has 1 aromatic heterocycles. The molecule has 0 aromatic carbocycles. The van der Waals surface area contributed by atoms with Gasteiger partial charge in [0.25, 0.3) is 5.91 Å². The lowest BCUT2D eigenvalue weighted by Gasteiger charge is -2.32. The molecule has 1 amide bonds. The number of nitrogens with one attached hydrogen (secondary N) is 1. The van der Waals surface area contributed by atoms with E-state index in [2.05, 4.69) is 22.1 Å². The number of thiophene rings is 1. The second-order valence-electron chi connectivity index (χ2n) is 5.59. The van der Waals surface area contributed by atoms with Gasteiger partial charge in [0, 0.05) is 24.2 Å². The number of piperidine rings is 1. The lowest BCUT2D eigenvalue weighted by Crippen LogP contribution is -2.46. The smallest absolute Gasteiger partial charge is 0.262 e. The predicted molar refractivity (Wildman–Crippen MR) is 83.4 cm³/mol. The van der Waals surface area contributed by atoms with E-state index in [9.17, 15) is 4.79 Å². The zero-order chi connectivity index (χ0) is 14.7. The van der Waals surface area contributed by atoms with Gasteiger partial charge in [-0.05, 0) is 37.3 Å². The van der Waals surface area contributed by atoms with E-state index in [0.29, 0.717) is 16.5 Å². The SMILES string of the molecule is O=C(NC1CCN2CCCCC12)c1sccc1C#CCO. The third kappa shape index (κ3) is 3.13. The van der Waals surface area contributed by atoms with Crippen molar-refractivity contribution in [2.24, 2.45) is 0 Å². The fraction of sp³-hybridized carbons (Fsp3) is 0.562. The summed E-state index contributed by atoms with van der Waals surface area (Å²) < 4.78 is 0. The van der Waals surface area contributed by atoms with Crippen molar-refractivity contribution in [3.05, 3.63) is 21.9 Å². The molecule has 2 saturated heterocycles. The van der Waals surface area contributed by atoms with Crippen LogP contribution in [0.25, 0.3) is 0 Å². The predicted octanol–water partition coefficient (Wildman–Crippen LogP) is 1.45. The van der Waals surface area contributed by atoms with Crippen LogP contribution in [-0.2, 0) is 0 Å². The maximum absolute atomic E-state index is 12.5. The molecule has 2 fully saturated rings. The Balaban J connectivity index is 1.68. The Hall–Kier alpha value is -1.35. The minimum Gasteiger partial charge on any atom is -0.384 e. The van der Waals surface area contributed by atoms with Gasteiger partial charge >= 0.3 is 0 Å². The van der Waals surface area contributed by atoms with Crippen LogP contribution in [0.3, 0.4) is 0 Å². The van der Waals surface area contributed by atoms with Crippen molar-refractivity contribution in [1.82, 2.24) is 10.2 Å². The zero-order valence-corrected chi connectivity index (χ0v) is 12.8. The van der Waals surface area contributed by atoms with Crippen molar-refractivity contribution >= 4 is 17.2 Å². The Labute approximate surface area is 129 Å². The van der Waals surface area contributed by atoms with E-state index in [1.807, 2.05) is 11.4 Å². The number of aliphatic hydroxyl groups excluding tert-OH is 1.